The van der Waals surface area contributed by atoms with Crippen molar-refractivity contribution in [2.75, 3.05) is 26.2 Å². The molecular weight excluding hydrogens is 408 g/mol. The molecule has 1 aliphatic heterocycles. The zero-order chi connectivity index (χ0) is 17.2. The fourth-order valence-corrected chi connectivity index (χ4v) is 6.49. The third-order valence-corrected chi connectivity index (χ3v) is 8.21. The van der Waals surface area contributed by atoms with E-state index in [-0.39, 0.29) is 0 Å². The van der Waals surface area contributed by atoms with E-state index in [0.717, 1.165) is 29.8 Å². The Morgan fingerprint density at radius 3 is 2.46 bits per heavy atom. The molecule has 1 fully saturated rings. The molecule has 2 aromatic rings. The second-order valence-electron chi connectivity index (χ2n) is 6.08. The van der Waals surface area contributed by atoms with E-state index in [1.165, 1.54) is 22.5 Å². The van der Waals surface area contributed by atoms with E-state index >= 15 is 0 Å². The van der Waals surface area contributed by atoms with Crippen molar-refractivity contribution in [2.24, 2.45) is 0 Å². The second-order valence-corrected chi connectivity index (χ2v) is 10.7. The van der Waals surface area contributed by atoms with Gasteiger partial charge < -0.3 is 0 Å². The van der Waals surface area contributed by atoms with Crippen molar-refractivity contribution in [3.8, 4) is 0 Å². The molecule has 0 amide bonds. The molecule has 0 N–H and O–H groups in total. The fraction of sp³-hybridized carbons (Fsp3) is 0.412. The molecule has 0 atom stereocenters. The molecule has 24 heavy (non-hydrogen) atoms. The van der Waals surface area contributed by atoms with Crippen molar-refractivity contribution in [2.45, 2.75) is 24.1 Å². The number of benzene rings is 1. The molecule has 0 saturated carbocycles. The van der Waals surface area contributed by atoms with Gasteiger partial charge in [0, 0.05) is 26.2 Å². The van der Waals surface area contributed by atoms with E-state index in [1.54, 1.807) is 16.4 Å². The number of thiophene rings is 1. The van der Waals surface area contributed by atoms with Crippen molar-refractivity contribution >= 4 is 37.3 Å². The zero-order valence-electron chi connectivity index (χ0n) is 13.6. The molecule has 3 rings (SSSR count). The minimum Gasteiger partial charge on any atom is -0.298 e. The number of hydrogen-bond donors (Lipinski definition) is 0. The van der Waals surface area contributed by atoms with Crippen molar-refractivity contribution in [3.05, 3.63) is 51.3 Å². The third kappa shape index (κ3) is 4.26. The highest BCUT2D eigenvalue weighted by atomic mass is 79.9. The lowest BCUT2D eigenvalue weighted by atomic mass is 10.1. The first-order valence-corrected chi connectivity index (χ1v) is 11.0. The summed E-state index contributed by atoms with van der Waals surface area (Å²) in [6.45, 7) is 5.78. The average molecular weight is 429 g/mol. The Bertz CT molecular complexity index is 787. The Morgan fingerprint density at radius 2 is 1.79 bits per heavy atom. The first-order valence-electron chi connectivity index (χ1n) is 7.98. The van der Waals surface area contributed by atoms with Crippen LogP contribution in [-0.2, 0) is 16.6 Å². The van der Waals surface area contributed by atoms with Crippen LogP contribution in [-0.4, -0.2) is 43.8 Å². The van der Waals surface area contributed by atoms with Crippen LogP contribution in [0.15, 0.2) is 44.4 Å². The van der Waals surface area contributed by atoms with Gasteiger partial charge >= 0.3 is 0 Å². The van der Waals surface area contributed by atoms with Gasteiger partial charge in [0.2, 0.25) is 0 Å². The normalized spacial score (nSPS) is 17.8. The highest BCUT2D eigenvalue weighted by Crippen LogP contribution is 2.29. The predicted octanol–water partition coefficient (Wildman–Crippen LogP) is 3.72. The lowest BCUT2D eigenvalue weighted by Crippen LogP contribution is -2.34. The zero-order valence-corrected chi connectivity index (χ0v) is 16.8. The van der Waals surface area contributed by atoms with Gasteiger partial charge in [-0.15, -0.1) is 11.3 Å². The second kappa shape index (κ2) is 7.66. The van der Waals surface area contributed by atoms with Crippen molar-refractivity contribution in [3.63, 3.8) is 0 Å². The third-order valence-electron chi connectivity index (χ3n) is 4.22. The number of rotatable bonds is 4. The number of sulfonamides is 1. The Morgan fingerprint density at radius 1 is 1.04 bits per heavy atom. The van der Waals surface area contributed by atoms with Crippen molar-refractivity contribution in [1.82, 2.24) is 9.21 Å². The summed E-state index contributed by atoms with van der Waals surface area (Å²) in [5, 5.41) is 0. The van der Waals surface area contributed by atoms with Crippen LogP contribution in [0.5, 0.6) is 0 Å². The van der Waals surface area contributed by atoms with E-state index in [9.17, 15) is 8.42 Å². The number of halogens is 1. The molecule has 0 radical (unpaired) electrons. The predicted molar refractivity (Wildman–Crippen MR) is 102 cm³/mol. The van der Waals surface area contributed by atoms with Gasteiger partial charge in [0.25, 0.3) is 10.0 Å². The summed E-state index contributed by atoms with van der Waals surface area (Å²) in [6, 6.07) is 12.0. The van der Waals surface area contributed by atoms with Crippen LogP contribution in [0.4, 0.5) is 0 Å². The van der Waals surface area contributed by atoms with Gasteiger partial charge in [-0.1, -0.05) is 29.8 Å². The summed E-state index contributed by atoms with van der Waals surface area (Å²) in [6.07, 6.45) is 0.859. The Balaban J connectivity index is 1.65. The molecule has 2 heterocycles. The highest BCUT2D eigenvalue weighted by Gasteiger charge is 2.28. The van der Waals surface area contributed by atoms with Crippen LogP contribution in [0, 0.1) is 6.92 Å². The van der Waals surface area contributed by atoms with Gasteiger partial charge in [-0.25, -0.2) is 8.42 Å². The smallest absolute Gasteiger partial charge is 0.252 e. The minimum atomic E-state index is -3.37. The van der Waals surface area contributed by atoms with E-state index < -0.39 is 10.0 Å². The quantitative estimate of drug-likeness (QED) is 0.744. The van der Waals surface area contributed by atoms with Crippen LogP contribution >= 0.6 is 27.3 Å². The maximum atomic E-state index is 12.8. The first-order chi connectivity index (χ1) is 11.4. The van der Waals surface area contributed by atoms with Gasteiger partial charge in [0.05, 0.1) is 3.79 Å². The number of aryl methyl sites for hydroxylation is 1. The van der Waals surface area contributed by atoms with E-state index in [1.807, 2.05) is 0 Å². The summed E-state index contributed by atoms with van der Waals surface area (Å²) in [5.41, 5.74) is 2.54. The maximum Gasteiger partial charge on any atom is 0.252 e. The number of nitrogens with zero attached hydrogens (tertiary/aromatic N) is 2. The van der Waals surface area contributed by atoms with Gasteiger partial charge in [-0.3, -0.25) is 4.90 Å². The summed E-state index contributed by atoms with van der Waals surface area (Å²) in [7, 11) is -3.37. The molecule has 1 aromatic heterocycles. The minimum absolute atomic E-state index is 0.418. The van der Waals surface area contributed by atoms with Crippen molar-refractivity contribution in [1.29, 1.82) is 0 Å². The average Bonchev–Trinajstić information content (AvgIpc) is 2.86. The van der Waals surface area contributed by atoms with Gasteiger partial charge in [0.1, 0.15) is 4.21 Å². The van der Waals surface area contributed by atoms with Crippen LogP contribution in [0.1, 0.15) is 17.5 Å². The topological polar surface area (TPSA) is 40.6 Å². The van der Waals surface area contributed by atoms with Gasteiger partial charge in [0.15, 0.2) is 0 Å². The van der Waals surface area contributed by atoms with Crippen molar-refractivity contribution < 1.29 is 8.42 Å². The van der Waals surface area contributed by atoms with E-state index in [4.69, 9.17) is 0 Å². The first kappa shape index (κ1) is 18.1. The molecule has 1 aromatic carbocycles. The highest BCUT2D eigenvalue weighted by molar-refractivity contribution is 9.11. The van der Waals surface area contributed by atoms with Crippen LogP contribution in [0.3, 0.4) is 0 Å². The summed E-state index contributed by atoms with van der Waals surface area (Å²) >= 11 is 4.62. The Hall–Kier alpha value is -0.730. The largest absolute Gasteiger partial charge is 0.298 e. The molecule has 0 bridgehead atoms. The molecule has 1 saturated heterocycles. The molecule has 4 nitrogen and oxygen atoms in total. The van der Waals surface area contributed by atoms with Gasteiger partial charge in [-0.2, -0.15) is 4.31 Å². The molecule has 0 aliphatic carbocycles. The molecule has 0 spiro atoms. The van der Waals surface area contributed by atoms with Crippen LogP contribution in [0.25, 0.3) is 0 Å². The summed E-state index contributed by atoms with van der Waals surface area (Å²) in [4.78, 5) is 2.34. The van der Waals surface area contributed by atoms with Crippen LogP contribution < -0.4 is 0 Å². The van der Waals surface area contributed by atoms with E-state index in [0.29, 0.717) is 17.3 Å². The maximum absolute atomic E-state index is 12.8. The monoisotopic (exact) mass is 428 g/mol. The lowest BCUT2D eigenvalue weighted by molar-refractivity contribution is 0.278. The van der Waals surface area contributed by atoms with Gasteiger partial charge in [-0.05, 0) is 53.5 Å². The fourth-order valence-electron chi connectivity index (χ4n) is 2.86. The Labute approximate surface area is 156 Å². The van der Waals surface area contributed by atoms with Crippen LogP contribution in [0.2, 0.25) is 0 Å². The van der Waals surface area contributed by atoms with E-state index in [2.05, 4.69) is 52.0 Å². The summed E-state index contributed by atoms with van der Waals surface area (Å²) in [5.74, 6) is 0. The summed E-state index contributed by atoms with van der Waals surface area (Å²) < 4.78 is 28.4. The standard InChI is InChI=1S/C17H21BrN2O2S2/c1-14-3-5-15(6-4-14)13-19-9-2-10-20(12-11-19)24(21,22)17-8-7-16(18)23-17/h3-8H,2,9-13H2,1H3. The SMILES string of the molecule is Cc1ccc(CN2CCCN(S(=O)(=O)c3ccc(Br)s3)CC2)cc1. The molecular formula is C17H21BrN2O2S2. The Kier molecular flexibility index (Phi) is 5.77. The lowest BCUT2D eigenvalue weighted by Gasteiger charge is -2.21. The molecule has 0 unspecified atom stereocenters. The molecule has 7 heteroatoms. The molecule has 1 aliphatic rings. The number of hydrogen-bond acceptors (Lipinski definition) is 4. The molecule has 130 valence electrons.